The van der Waals surface area contributed by atoms with Crippen molar-refractivity contribution in [1.29, 1.82) is 0 Å². The summed E-state index contributed by atoms with van der Waals surface area (Å²) in [6, 6.07) is 3.73. The Kier molecular flexibility index (Phi) is 12.2. The van der Waals surface area contributed by atoms with Gasteiger partial charge in [-0.05, 0) is 12.8 Å². The number of methoxy groups -OCH3 is 3. The number of halogens is 1. The van der Waals surface area contributed by atoms with E-state index in [0.29, 0.717) is 5.75 Å². The zero-order valence-corrected chi connectivity index (χ0v) is 17.6. The predicted molar refractivity (Wildman–Crippen MR) is 109 cm³/mol. The first-order valence-electron chi connectivity index (χ1n) is 7.93. The van der Waals surface area contributed by atoms with Gasteiger partial charge in [0, 0.05) is 37.8 Å². The maximum absolute atomic E-state index is 5.46. The highest BCUT2D eigenvalue weighted by atomic mass is 127. The minimum atomic E-state index is 0. The van der Waals surface area contributed by atoms with Gasteiger partial charge in [-0.15, -0.1) is 24.0 Å². The van der Waals surface area contributed by atoms with Crippen LogP contribution >= 0.6 is 24.0 Å². The van der Waals surface area contributed by atoms with Gasteiger partial charge in [0.05, 0.1) is 21.3 Å². The summed E-state index contributed by atoms with van der Waals surface area (Å²) < 4.78 is 16.2. The van der Waals surface area contributed by atoms with Gasteiger partial charge in [0.2, 0.25) is 0 Å². The second-order valence-corrected chi connectivity index (χ2v) is 5.04. The van der Waals surface area contributed by atoms with Crippen molar-refractivity contribution in [1.82, 2.24) is 10.6 Å². The van der Waals surface area contributed by atoms with Crippen LogP contribution in [0.3, 0.4) is 0 Å². The van der Waals surface area contributed by atoms with E-state index in [1.54, 1.807) is 28.4 Å². The number of ether oxygens (including phenoxy) is 3. The summed E-state index contributed by atoms with van der Waals surface area (Å²) in [5, 5.41) is 6.59. The van der Waals surface area contributed by atoms with Crippen molar-refractivity contribution in [2.75, 3.05) is 41.5 Å². The fourth-order valence-electron chi connectivity index (χ4n) is 2.23. The predicted octanol–water partition coefficient (Wildman–Crippen LogP) is 2.84. The van der Waals surface area contributed by atoms with Crippen molar-refractivity contribution in [3.05, 3.63) is 17.7 Å². The molecule has 0 atom stereocenters. The van der Waals surface area contributed by atoms with Gasteiger partial charge in [0.15, 0.2) is 5.96 Å². The molecule has 1 aromatic rings. The molecule has 1 aromatic carbocycles. The van der Waals surface area contributed by atoms with Crippen LogP contribution in [0.2, 0.25) is 0 Å². The SMILES string of the molecule is CCCCNC(=NC)NCCc1c(OC)cc(OC)cc1OC.I. The molecule has 0 saturated carbocycles. The van der Waals surface area contributed by atoms with E-state index >= 15 is 0 Å². The second kappa shape index (κ2) is 13.0. The zero-order valence-electron chi connectivity index (χ0n) is 15.3. The Balaban J connectivity index is 0.00000529. The van der Waals surface area contributed by atoms with Gasteiger partial charge in [0.25, 0.3) is 0 Å². The molecule has 138 valence electrons. The molecule has 0 spiro atoms. The van der Waals surface area contributed by atoms with Crippen LogP contribution in [0.1, 0.15) is 25.3 Å². The molecule has 0 fully saturated rings. The van der Waals surface area contributed by atoms with E-state index in [0.717, 1.165) is 55.4 Å². The Hall–Kier alpha value is -1.38. The van der Waals surface area contributed by atoms with E-state index in [1.807, 2.05) is 12.1 Å². The molecule has 7 heteroatoms. The average molecular weight is 451 g/mol. The summed E-state index contributed by atoms with van der Waals surface area (Å²) >= 11 is 0. The summed E-state index contributed by atoms with van der Waals surface area (Å²) in [7, 11) is 6.70. The molecule has 0 amide bonds. The van der Waals surface area contributed by atoms with Crippen molar-refractivity contribution in [2.45, 2.75) is 26.2 Å². The summed E-state index contributed by atoms with van der Waals surface area (Å²) in [5.74, 6) is 3.05. The summed E-state index contributed by atoms with van der Waals surface area (Å²) in [6.07, 6.45) is 3.04. The molecule has 0 aliphatic rings. The number of nitrogens with zero attached hydrogens (tertiary/aromatic N) is 1. The van der Waals surface area contributed by atoms with E-state index in [2.05, 4.69) is 22.5 Å². The third-order valence-corrected chi connectivity index (χ3v) is 3.53. The lowest BCUT2D eigenvalue weighted by Gasteiger charge is -2.16. The quantitative estimate of drug-likeness (QED) is 0.262. The van der Waals surface area contributed by atoms with Crippen LogP contribution in [0.25, 0.3) is 0 Å². The normalized spacial score (nSPS) is 10.6. The van der Waals surface area contributed by atoms with Crippen LogP contribution in [-0.2, 0) is 6.42 Å². The monoisotopic (exact) mass is 451 g/mol. The van der Waals surface area contributed by atoms with Crippen molar-refractivity contribution < 1.29 is 14.2 Å². The van der Waals surface area contributed by atoms with E-state index in [1.165, 1.54) is 0 Å². The number of benzene rings is 1. The average Bonchev–Trinajstić information content (AvgIpc) is 2.60. The van der Waals surface area contributed by atoms with Gasteiger partial charge in [-0.3, -0.25) is 4.99 Å². The number of nitrogens with one attached hydrogen (secondary N) is 2. The van der Waals surface area contributed by atoms with Crippen LogP contribution in [0.4, 0.5) is 0 Å². The van der Waals surface area contributed by atoms with Gasteiger partial charge in [-0.2, -0.15) is 0 Å². The summed E-state index contributed by atoms with van der Waals surface area (Å²) in [6.45, 7) is 3.82. The van der Waals surface area contributed by atoms with Gasteiger partial charge in [0.1, 0.15) is 17.2 Å². The van der Waals surface area contributed by atoms with E-state index in [-0.39, 0.29) is 24.0 Å². The third-order valence-electron chi connectivity index (χ3n) is 3.53. The lowest BCUT2D eigenvalue weighted by atomic mass is 10.1. The lowest BCUT2D eigenvalue weighted by molar-refractivity contribution is 0.368. The molecule has 0 aromatic heterocycles. The first-order valence-corrected chi connectivity index (χ1v) is 7.93. The Morgan fingerprint density at radius 3 is 2.04 bits per heavy atom. The highest BCUT2D eigenvalue weighted by molar-refractivity contribution is 14.0. The van der Waals surface area contributed by atoms with Crippen molar-refractivity contribution in [3.8, 4) is 17.2 Å². The number of hydrogen-bond donors (Lipinski definition) is 2. The van der Waals surface area contributed by atoms with Crippen LogP contribution in [0.15, 0.2) is 17.1 Å². The minimum Gasteiger partial charge on any atom is -0.496 e. The van der Waals surface area contributed by atoms with Crippen LogP contribution in [0, 0.1) is 0 Å². The Morgan fingerprint density at radius 1 is 1.00 bits per heavy atom. The molecular formula is C17H30IN3O3. The van der Waals surface area contributed by atoms with Crippen molar-refractivity contribution in [2.24, 2.45) is 4.99 Å². The largest absolute Gasteiger partial charge is 0.496 e. The molecule has 0 heterocycles. The molecule has 0 radical (unpaired) electrons. The Bertz CT molecular complexity index is 485. The van der Waals surface area contributed by atoms with Gasteiger partial charge in [-0.1, -0.05) is 13.3 Å². The minimum absolute atomic E-state index is 0. The maximum atomic E-state index is 5.46. The van der Waals surface area contributed by atoms with Crippen molar-refractivity contribution in [3.63, 3.8) is 0 Å². The molecule has 0 bridgehead atoms. The fourth-order valence-corrected chi connectivity index (χ4v) is 2.23. The number of unbranched alkanes of at least 4 members (excludes halogenated alkanes) is 1. The maximum Gasteiger partial charge on any atom is 0.190 e. The zero-order chi connectivity index (χ0) is 17.1. The van der Waals surface area contributed by atoms with Crippen molar-refractivity contribution >= 4 is 29.9 Å². The highest BCUT2D eigenvalue weighted by Crippen LogP contribution is 2.34. The van der Waals surface area contributed by atoms with Gasteiger partial charge in [-0.25, -0.2) is 0 Å². The van der Waals surface area contributed by atoms with Crippen LogP contribution < -0.4 is 24.8 Å². The number of aliphatic imine (C=N–C) groups is 1. The molecule has 0 aliphatic heterocycles. The molecule has 0 saturated heterocycles. The first kappa shape index (κ1) is 22.6. The van der Waals surface area contributed by atoms with E-state index in [9.17, 15) is 0 Å². The Morgan fingerprint density at radius 2 is 1.58 bits per heavy atom. The lowest BCUT2D eigenvalue weighted by Crippen LogP contribution is -2.38. The van der Waals surface area contributed by atoms with Gasteiger partial charge >= 0.3 is 0 Å². The molecule has 24 heavy (non-hydrogen) atoms. The number of hydrogen-bond acceptors (Lipinski definition) is 4. The number of rotatable bonds is 9. The fraction of sp³-hybridized carbons (Fsp3) is 0.588. The van der Waals surface area contributed by atoms with E-state index in [4.69, 9.17) is 14.2 Å². The second-order valence-electron chi connectivity index (χ2n) is 5.04. The smallest absolute Gasteiger partial charge is 0.190 e. The first-order chi connectivity index (χ1) is 11.2. The number of guanidine groups is 1. The molecular weight excluding hydrogens is 421 g/mol. The topological polar surface area (TPSA) is 64.1 Å². The van der Waals surface area contributed by atoms with Crippen LogP contribution in [0.5, 0.6) is 17.2 Å². The van der Waals surface area contributed by atoms with E-state index < -0.39 is 0 Å². The third kappa shape index (κ3) is 7.02. The molecule has 0 aliphatic carbocycles. The van der Waals surface area contributed by atoms with Gasteiger partial charge < -0.3 is 24.8 Å². The highest BCUT2D eigenvalue weighted by Gasteiger charge is 2.13. The molecule has 1 rings (SSSR count). The Labute approximate surface area is 162 Å². The standard InChI is InChI=1S/C17H29N3O3.HI/c1-6-7-9-19-17(18-2)20-10-8-14-15(22-4)11-13(21-3)12-16(14)23-5;/h11-12H,6-10H2,1-5H3,(H2,18,19,20);1H. The molecule has 6 nitrogen and oxygen atoms in total. The molecule has 2 N–H and O–H groups in total. The summed E-state index contributed by atoms with van der Waals surface area (Å²) in [4.78, 5) is 4.22. The molecule has 0 unspecified atom stereocenters. The van der Waals surface area contributed by atoms with Crippen LogP contribution in [-0.4, -0.2) is 47.4 Å². The summed E-state index contributed by atoms with van der Waals surface area (Å²) in [5.41, 5.74) is 1.01.